The normalized spacial score (nSPS) is 15.8. The van der Waals surface area contributed by atoms with Gasteiger partial charge in [0.25, 0.3) is 0 Å². The van der Waals surface area contributed by atoms with Crippen molar-refractivity contribution >= 4 is 42.2 Å². The first-order valence-electron chi connectivity index (χ1n) is 10.4. The van der Waals surface area contributed by atoms with Crippen molar-refractivity contribution in [2.75, 3.05) is 24.7 Å². The molecule has 2 heterocycles. The van der Waals surface area contributed by atoms with Gasteiger partial charge in [0.05, 0.1) is 15.5 Å². The number of carbonyl (C=O) groups excluding carboxylic acids is 1. The number of nitrogens with one attached hydrogen (secondary N) is 1. The monoisotopic (exact) mass is 523 g/mol. The van der Waals surface area contributed by atoms with Gasteiger partial charge in [0, 0.05) is 36.2 Å². The molecule has 1 aliphatic heterocycles. The van der Waals surface area contributed by atoms with Gasteiger partial charge in [0.2, 0.25) is 15.9 Å². The molecule has 0 radical (unpaired) electrons. The van der Waals surface area contributed by atoms with Crippen LogP contribution in [-0.2, 0) is 24.7 Å². The van der Waals surface area contributed by atoms with Gasteiger partial charge >= 0.3 is 0 Å². The molecule has 2 aromatic carbocycles. The molecular weight excluding hydrogens is 501 g/mol. The lowest BCUT2D eigenvalue weighted by atomic mass is 9.97. The molecule has 1 aromatic heterocycles. The molecule has 34 heavy (non-hydrogen) atoms. The number of sulfonamides is 1. The van der Waals surface area contributed by atoms with Crippen LogP contribution in [0, 0.1) is 11.7 Å². The van der Waals surface area contributed by atoms with Crippen LogP contribution in [0.1, 0.15) is 12.8 Å². The van der Waals surface area contributed by atoms with E-state index in [0.717, 1.165) is 11.8 Å². The molecule has 1 fully saturated rings. The highest BCUT2D eigenvalue weighted by Gasteiger charge is 2.32. The van der Waals surface area contributed by atoms with Crippen LogP contribution in [0.5, 0.6) is 0 Å². The first-order valence-corrected chi connectivity index (χ1v) is 14.6. The Morgan fingerprint density at radius 3 is 2.18 bits per heavy atom. The van der Waals surface area contributed by atoms with Gasteiger partial charge in [0.15, 0.2) is 15.0 Å². The lowest BCUT2D eigenvalue weighted by molar-refractivity contribution is -0.120. The predicted octanol–water partition coefficient (Wildman–Crippen LogP) is 3.39. The second-order valence-electron chi connectivity index (χ2n) is 7.96. The SMILES string of the molecule is CS(=O)(=O)c1ccc(S(=O)(=O)N2CCC(C(=O)Nc3nc(-c4ccc(F)cc4)cs3)CC2)cc1. The number of anilines is 1. The van der Waals surface area contributed by atoms with E-state index < -0.39 is 19.9 Å². The summed E-state index contributed by atoms with van der Waals surface area (Å²) in [6.45, 7) is 0.347. The van der Waals surface area contributed by atoms with Crippen molar-refractivity contribution in [3.8, 4) is 11.3 Å². The van der Waals surface area contributed by atoms with Crippen LogP contribution in [0.25, 0.3) is 11.3 Å². The van der Waals surface area contributed by atoms with E-state index in [4.69, 9.17) is 0 Å². The number of hydrogen-bond acceptors (Lipinski definition) is 7. The third-order valence-corrected chi connectivity index (χ3v) is 9.39. The summed E-state index contributed by atoms with van der Waals surface area (Å²) < 4.78 is 63.4. The zero-order valence-corrected chi connectivity index (χ0v) is 20.6. The Morgan fingerprint density at radius 2 is 1.59 bits per heavy atom. The zero-order valence-electron chi connectivity index (χ0n) is 18.1. The van der Waals surface area contributed by atoms with Gasteiger partial charge in [-0.3, -0.25) is 4.79 Å². The van der Waals surface area contributed by atoms with E-state index in [1.54, 1.807) is 17.5 Å². The summed E-state index contributed by atoms with van der Waals surface area (Å²) in [4.78, 5) is 17.1. The molecule has 1 aliphatic rings. The molecule has 1 N–H and O–H groups in total. The molecule has 1 saturated heterocycles. The summed E-state index contributed by atoms with van der Waals surface area (Å²) in [7, 11) is -7.21. The number of halogens is 1. The molecule has 0 aliphatic carbocycles. The molecule has 4 rings (SSSR count). The second-order valence-corrected chi connectivity index (χ2v) is 12.8. The summed E-state index contributed by atoms with van der Waals surface area (Å²) >= 11 is 1.26. The van der Waals surface area contributed by atoms with Gasteiger partial charge in [-0.05, 0) is 61.4 Å². The van der Waals surface area contributed by atoms with Gasteiger partial charge in [-0.2, -0.15) is 4.31 Å². The van der Waals surface area contributed by atoms with E-state index in [0.29, 0.717) is 23.7 Å². The third kappa shape index (κ3) is 5.35. The number of piperidine rings is 1. The summed E-state index contributed by atoms with van der Waals surface area (Å²) in [6.07, 6.45) is 1.76. The first kappa shape index (κ1) is 24.5. The minimum Gasteiger partial charge on any atom is -0.302 e. The molecular formula is C22H22FN3O5S3. The number of benzene rings is 2. The average Bonchev–Trinajstić information content (AvgIpc) is 3.27. The number of hydrogen-bond donors (Lipinski definition) is 1. The third-order valence-electron chi connectivity index (χ3n) is 5.59. The number of rotatable bonds is 6. The largest absolute Gasteiger partial charge is 0.302 e. The summed E-state index contributed by atoms with van der Waals surface area (Å²) in [5, 5.41) is 4.98. The number of carbonyl (C=O) groups is 1. The fraction of sp³-hybridized carbons (Fsp3) is 0.273. The number of amides is 1. The van der Waals surface area contributed by atoms with Crippen molar-refractivity contribution in [3.63, 3.8) is 0 Å². The minimum absolute atomic E-state index is 0.0129. The minimum atomic E-state index is -3.79. The van der Waals surface area contributed by atoms with E-state index in [2.05, 4.69) is 10.3 Å². The van der Waals surface area contributed by atoms with Crippen LogP contribution in [0.3, 0.4) is 0 Å². The molecule has 0 spiro atoms. The van der Waals surface area contributed by atoms with Crippen molar-refractivity contribution in [1.29, 1.82) is 0 Å². The Bertz CT molecular complexity index is 1390. The van der Waals surface area contributed by atoms with Crippen molar-refractivity contribution < 1.29 is 26.0 Å². The van der Waals surface area contributed by atoms with Crippen molar-refractivity contribution in [2.45, 2.75) is 22.6 Å². The highest BCUT2D eigenvalue weighted by molar-refractivity contribution is 7.90. The van der Waals surface area contributed by atoms with E-state index in [9.17, 15) is 26.0 Å². The maximum absolute atomic E-state index is 13.1. The standard InChI is InChI=1S/C22H22FN3O5S3/c1-33(28,29)18-6-8-19(9-7-18)34(30,31)26-12-10-16(11-13-26)21(27)25-22-24-20(14-32-22)15-2-4-17(23)5-3-15/h2-9,14,16H,10-13H2,1H3,(H,24,25,27). The Kier molecular flexibility index (Phi) is 6.85. The lowest BCUT2D eigenvalue weighted by Gasteiger charge is -2.30. The first-order chi connectivity index (χ1) is 16.0. The van der Waals surface area contributed by atoms with E-state index in [-0.39, 0.29) is 40.5 Å². The summed E-state index contributed by atoms with van der Waals surface area (Å²) in [6, 6.07) is 11.0. The van der Waals surface area contributed by atoms with Gasteiger partial charge in [-0.25, -0.2) is 26.2 Å². The van der Waals surface area contributed by atoms with E-state index in [1.165, 1.54) is 52.0 Å². The number of thiazole rings is 1. The molecule has 1 amide bonds. The molecule has 0 bridgehead atoms. The van der Waals surface area contributed by atoms with Crippen molar-refractivity contribution in [1.82, 2.24) is 9.29 Å². The molecule has 12 heteroatoms. The number of sulfone groups is 1. The Balaban J connectivity index is 1.36. The van der Waals surface area contributed by atoms with Crippen LogP contribution in [-0.4, -0.2) is 51.4 Å². The molecule has 3 aromatic rings. The van der Waals surface area contributed by atoms with Crippen molar-refractivity contribution in [2.24, 2.45) is 5.92 Å². The Morgan fingerprint density at radius 1 is 1.00 bits per heavy atom. The molecule has 8 nitrogen and oxygen atoms in total. The Labute approximate surface area is 201 Å². The fourth-order valence-corrected chi connectivity index (χ4v) is 6.48. The topological polar surface area (TPSA) is 114 Å². The highest BCUT2D eigenvalue weighted by Crippen LogP contribution is 2.28. The Hall–Kier alpha value is -2.67. The van der Waals surface area contributed by atoms with Crippen LogP contribution in [0.2, 0.25) is 0 Å². The summed E-state index contributed by atoms with van der Waals surface area (Å²) in [5.41, 5.74) is 1.37. The van der Waals surface area contributed by atoms with Gasteiger partial charge in [-0.1, -0.05) is 0 Å². The average molecular weight is 524 g/mol. The smallest absolute Gasteiger partial charge is 0.243 e. The summed E-state index contributed by atoms with van der Waals surface area (Å²) in [5.74, 6) is -0.932. The number of nitrogens with zero attached hydrogens (tertiary/aromatic N) is 2. The number of aromatic nitrogens is 1. The highest BCUT2D eigenvalue weighted by atomic mass is 32.2. The zero-order chi connectivity index (χ0) is 24.5. The quantitative estimate of drug-likeness (QED) is 0.530. The van der Waals surface area contributed by atoms with Crippen molar-refractivity contribution in [3.05, 3.63) is 59.7 Å². The van der Waals surface area contributed by atoms with Crippen LogP contribution in [0.4, 0.5) is 9.52 Å². The van der Waals surface area contributed by atoms with E-state index in [1.807, 2.05) is 0 Å². The molecule has 0 saturated carbocycles. The fourth-order valence-electron chi connectivity index (χ4n) is 3.66. The molecule has 180 valence electrons. The van der Waals surface area contributed by atoms with Gasteiger partial charge in [-0.15, -0.1) is 11.3 Å². The molecule has 0 unspecified atom stereocenters. The predicted molar refractivity (Wildman–Crippen MR) is 127 cm³/mol. The van der Waals surface area contributed by atoms with Crippen LogP contribution in [0.15, 0.2) is 63.7 Å². The van der Waals surface area contributed by atoms with Crippen LogP contribution >= 0.6 is 11.3 Å². The van der Waals surface area contributed by atoms with Gasteiger partial charge in [0.1, 0.15) is 5.82 Å². The lowest BCUT2D eigenvalue weighted by Crippen LogP contribution is -2.41. The maximum Gasteiger partial charge on any atom is 0.243 e. The maximum atomic E-state index is 13.1. The molecule has 0 atom stereocenters. The second kappa shape index (κ2) is 9.53. The van der Waals surface area contributed by atoms with E-state index >= 15 is 0 Å². The van der Waals surface area contributed by atoms with Crippen LogP contribution < -0.4 is 5.32 Å². The van der Waals surface area contributed by atoms with Gasteiger partial charge < -0.3 is 5.32 Å².